The topological polar surface area (TPSA) is 0 Å². The maximum atomic E-state index is 3.83. The molecule has 13 heavy (non-hydrogen) atoms. The first-order valence-electron chi connectivity index (χ1n) is 4.27. The molecular weight excluding hydrogens is 156 g/mol. The van der Waals surface area contributed by atoms with Crippen LogP contribution in [0, 0.1) is 5.92 Å². The Hall–Kier alpha value is -0.780. The summed E-state index contributed by atoms with van der Waals surface area (Å²) in [7, 11) is 0. The fraction of sp³-hybridized carbons (Fsp3) is 0.538. The first kappa shape index (κ1) is 14.7. The van der Waals surface area contributed by atoms with Crippen molar-refractivity contribution in [2.75, 3.05) is 0 Å². The van der Waals surface area contributed by atoms with Gasteiger partial charge in [0, 0.05) is 0 Å². The van der Waals surface area contributed by atoms with Crippen LogP contribution in [0.5, 0.6) is 0 Å². The molecule has 0 fully saturated rings. The molecule has 0 nitrogen and oxygen atoms in total. The second kappa shape index (κ2) is 6.71. The van der Waals surface area contributed by atoms with Gasteiger partial charge < -0.3 is 0 Å². The van der Waals surface area contributed by atoms with E-state index in [4.69, 9.17) is 0 Å². The third-order valence-electron chi connectivity index (χ3n) is 2.45. The average molecular weight is 180 g/mol. The van der Waals surface area contributed by atoms with Crippen molar-refractivity contribution in [3.05, 3.63) is 36.5 Å². The second-order valence-electron chi connectivity index (χ2n) is 3.18. The molecule has 0 amide bonds. The summed E-state index contributed by atoms with van der Waals surface area (Å²) < 4.78 is 0. The normalized spacial score (nSPS) is 21.2. The standard InChI is InChI=1S/C11H16.2CH4/c1-4-10-8-6-7-9(3)11(10)5-2;;/h4-5,9H,1-2,6-8H2,3H3;2*1H4. The van der Waals surface area contributed by atoms with Crippen LogP contribution in [0.15, 0.2) is 36.5 Å². The predicted octanol–water partition coefficient (Wildman–Crippen LogP) is 4.75. The van der Waals surface area contributed by atoms with Crippen molar-refractivity contribution in [2.24, 2.45) is 5.92 Å². The van der Waals surface area contributed by atoms with Gasteiger partial charge in [0.05, 0.1) is 0 Å². The van der Waals surface area contributed by atoms with Gasteiger partial charge in [0.25, 0.3) is 0 Å². The maximum absolute atomic E-state index is 3.83. The fourth-order valence-corrected chi connectivity index (χ4v) is 1.77. The Bertz CT molecular complexity index is 196. The molecule has 1 atom stereocenters. The zero-order chi connectivity index (χ0) is 8.27. The Morgan fingerprint density at radius 2 is 1.85 bits per heavy atom. The van der Waals surface area contributed by atoms with Gasteiger partial charge in [-0.25, -0.2) is 0 Å². The summed E-state index contributed by atoms with van der Waals surface area (Å²) in [6.07, 6.45) is 7.77. The lowest BCUT2D eigenvalue weighted by molar-refractivity contribution is 0.552. The van der Waals surface area contributed by atoms with Gasteiger partial charge in [0.1, 0.15) is 0 Å². The summed E-state index contributed by atoms with van der Waals surface area (Å²) in [6.45, 7) is 9.90. The van der Waals surface area contributed by atoms with E-state index in [1.54, 1.807) is 0 Å². The lowest BCUT2D eigenvalue weighted by Gasteiger charge is -2.21. The molecule has 0 saturated heterocycles. The molecule has 76 valence electrons. The molecule has 1 aliphatic rings. The highest BCUT2D eigenvalue weighted by atomic mass is 14.2. The molecule has 1 unspecified atom stereocenters. The minimum absolute atomic E-state index is 0. The van der Waals surface area contributed by atoms with Crippen LogP contribution in [0.1, 0.15) is 41.0 Å². The molecule has 1 rings (SSSR count). The summed E-state index contributed by atoms with van der Waals surface area (Å²) in [4.78, 5) is 0. The number of hydrogen-bond acceptors (Lipinski definition) is 0. The lowest BCUT2D eigenvalue weighted by atomic mass is 9.84. The van der Waals surface area contributed by atoms with Gasteiger partial charge in [0.2, 0.25) is 0 Å². The van der Waals surface area contributed by atoms with Gasteiger partial charge in [0.15, 0.2) is 0 Å². The van der Waals surface area contributed by atoms with Crippen molar-refractivity contribution in [1.29, 1.82) is 0 Å². The molecular formula is C13H24. The average Bonchev–Trinajstić information content (AvgIpc) is 2.04. The van der Waals surface area contributed by atoms with Crippen LogP contribution in [0.25, 0.3) is 0 Å². The number of rotatable bonds is 2. The van der Waals surface area contributed by atoms with Gasteiger partial charge >= 0.3 is 0 Å². The Morgan fingerprint density at radius 1 is 1.23 bits per heavy atom. The van der Waals surface area contributed by atoms with Gasteiger partial charge in [-0.1, -0.05) is 47.1 Å². The Morgan fingerprint density at radius 3 is 2.23 bits per heavy atom. The van der Waals surface area contributed by atoms with E-state index in [2.05, 4.69) is 20.1 Å². The SMILES string of the molecule is C.C.C=CC1=C(C=C)C(C)CCC1. The zero-order valence-corrected chi connectivity index (χ0v) is 7.27. The predicted molar refractivity (Wildman–Crippen MR) is 63.9 cm³/mol. The minimum atomic E-state index is 0. The van der Waals surface area contributed by atoms with E-state index in [0.29, 0.717) is 5.92 Å². The number of hydrogen-bond donors (Lipinski definition) is 0. The van der Waals surface area contributed by atoms with Crippen LogP contribution < -0.4 is 0 Å². The summed E-state index contributed by atoms with van der Waals surface area (Å²) in [5.74, 6) is 0.689. The largest absolute Gasteiger partial charge is 0.0988 e. The minimum Gasteiger partial charge on any atom is -0.0988 e. The molecule has 0 aromatic carbocycles. The molecule has 0 saturated carbocycles. The third kappa shape index (κ3) is 3.22. The molecule has 0 heteroatoms. The van der Waals surface area contributed by atoms with E-state index in [9.17, 15) is 0 Å². The zero-order valence-electron chi connectivity index (χ0n) is 7.27. The van der Waals surface area contributed by atoms with Crippen LogP contribution >= 0.6 is 0 Å². The summed E-state index contributed by atoms with van der Waals surface area (Å²) in [6, 6.07) is 0. The van der Waals surface area contributed by atoms with Gasteiger partial charge in [-0.15, -0.1) is 0 Å². The lowest BCUT2D eigenvalue weighted by Crippen LogP contribution is -2.06. The Kier molecular flexibility index (Phi) is 7.60. The molecule has 1 aliphatic carbocycles. The highest BCUT2D eigenvalue weighted by Crippen LogP contribution is 2.30. The summed E-state index contributed by atoms with van der Waals surface area (Å²) in [5.41, 5.74) is 2.81. The first-order valence-corrected chi connectivity index (χ1v) is 4.27. The first-order chi connectivity index (χ1) is 5.29. The van der Waals surface area contributed by atoms with Crippen LogP contribution in [-0.4, -0.2) is 0 Å². The highest BCUT2D eigenvalue weighted by molar-refractivity contribution is 5.34. The van der Waals surface area contributed by atoms with Crippen LogP contribution in [0.4, 0.5) is 0 Å². The Labute approximate surface area is 84.1 Å². The summed E-state index contributed by atoms with van der Waals surface area (Å²) in [5, 5.41) is 0. The molecule has 0 N–H and O–H groups in total. The van der Waals surface area contributed by atoms with Gasteiger partial charge in [-0.3, -0.25) is 0 Å². The third-order valence-corrected chi connectivity index (χ3v) is 2.45. The second-order valence-corrected chi connectivity index (χ2v) is 3.18. The van der Waals surface area contributed by atoms with Crippen molar-refractivity contribution in [3.8, 4) is 0 Å². The fourth-order valence-electron chi connectivity index (χ4n) is 1.77. The smallest absolute Gasteiger partial charge is 0.0188 e. The molecule has 0 aromatic heterocycles. The van der Waals surface area contributed by atoms with Crippen molar-refractivity contribution < 1.29 is 0 Å². The van der Waals surface area contributed by atoms with E-state index in [0.717, 1.165) is 0 Å². The Balaban J connectivity index is 0. The van der Waals surface area contributed by atoms with E-state index >= 15 is 0 Å². The monoisotopic (exact) mass is 180 g/mol. The van der Waals surface area contributed by atoms with Crippen molar-refractivity contribution in [2.45, 2.75) is 41.0 Å². The van der Waals surface area contributed by atoms with Crippen LogP contribution in [0.3, 0.4) is 0 Å². The van der Waals surface area contributed by atoms with E-state index in [-0.39, 0.29) is 14.9 Å². The molecule has 0 aliphatic heterocycles. The van der Waals surface area contributed by atoms with E-state index in [1.807, 2.05) is 12.2 Å². The van der Waals surface area contributed by atoms with Gasteiger partial charge in [-0.05, 0) is 36.3 Å². The number of allylic oxidation sites excluding steroid dienone is 4. The van der Waals surface area contributed by atoms with Crippen LogP contribution in [0.2, 0.25) is 0 Å². The van der Waals surface area contributed by atoms with E-state index in [1.165, 1.54) is 30.4 Å². The van der Waals surface area contributed by atoms with Crippen molar-refractivity contribution in [1.82, 2.24) is 0 Å². The van der Waals surface area contributed by atoms with Crippen molar-refractivity contribution >= 4 is 0 Å². The van der Waals surface area contributed by atoms with Gasteiger partial charge in [-0.2, -0.15) is 0 Å². The molecule has 0 bridgehead atoms. The molecule has 0 aromatic rings. The quantitative estimate of drug-likeness (QED) is 0.575. The molecule has 0 heterocycles. The highest BCUT2D eigenvalue weighted by Gasteiger charge is 2.14. The molecule has 0 radical (unpaired) electrons. The van der Waals surface area contributed by atoms with Crippen molar-refractivity contribution in [3.63, 3.8) is 0 Å². The summed E-state index contributed by atoms with van der Waals surface area (Å²) >= 11 is 0. The van der Waals surface area contributed by atoms with E-state index < -0.39 is 0 Å². The van der Waals surface area contributed by atoms with Crippen LogP contribution in [-0.2, 0) is 0 Å². The maximum Gasteiger partial charge on any atom is -0.0188 e. The molecule has 0 spiro atoms.